The maximum absolute atomic E-state index is 5.72. The third kappa shape index (κ3) is 6.26. The minimum absolute atomic E-state index is 0.627. The predicted octanol–water partition coefficient (Wildman–Crippen LogP) is 2.90. The third-order valence-corrected chi connectivity index (χ3v) is 4.70. The average molecular weight is 362 g/mol. The molecule has 1 aromatic heterocycles. The number of thiazole rings is 1. The Morgan fingerprint density at radius 2 is 2.04 bits per heavy atom. The van der Waals surface area contributed by atoms with Crippen molar-refractivity contribution in [3.05, 3.63) is 39.8 Å². The number of methoxy groups -OCH3 is 1. The van der Waals surface area contributed by atoms with Crippen molar-refractivity contribution in [2.45, 2.75) is 26.8 Å². The zero-order valence-electron chi connectivity index (χ0n) is 15.3. The van der Waals surface area contributed by atoms with Gasteiger partial charge in [0.25, 0.3) is 0 Å². The predicted molar refractivity (Wildman–Crippen MR) is 103 cm³/mol. The number of hydrogen-bond acceptors (Lipinski definition) is 5. The lowest BCUT2D eigenvalue weighted by Crippen LogP contribution is -2.37. The molecular weight excluding hydrogens is 336 g/mol. The van der Waals surface area contributed by atoms with E-state index in [2.05, 4.69) is 27.5 Å². The number of guanidine groups is 1. The molecule has 0 saturated carbocycles. The zero-order chi connectivity index (χ0) is 18.1. The first kappa shape index (κ1) is 19.1. The maximum Gasteiger partial charge on any atom is 0.191 e. The average Bonchev–Trinajstić information content (AvgIpc) is 2.95. The molecule has 0 atom stereocenters. The van der Waals surface area contributed by atoms with E-state index < -0.39 is 0 Å². The van der Waals surface area contributed by atoms with E-state index in [0.29, 0.717) is 13.2 Å². The van der Waals surface area contributed by atoms with Crippen LogP contribution in [0.3, 0.4) is 0 Å². The number of nitrogens with one attached hydrogen (secondary N) is 2. The van der Waals surface area contributed by atoms with Crippen LogP contribution < -0.4 is 20.1 Å². The van der Waals surface area contributed by atoms with Crippen LogP contribution in [0.5, 0.6) is 11.5 Å². The van der Waals surface area contributed by atoms with Crippen molar-refractivity contribution in [3.8, 4) is 11.5 Å². The Hall–Kier alpha value is -2.28. The molecule has 136 valence electrons. The molecule has 2 rings (SSSR count). The van der Waals surface area contributed by atoms with Crippen LogP contribution in [0.2, 0.25) is 0 Å². The molecule has 0 saturated heterocycles. The van der Waals surface area contributed by atoms with Gasteiger partial charge in [0.1, 0.15) is 16.5 Å². The molecule has 0 spiro atoms. The van der Waals surface area contributed by atoms with Gasteiger partial charge in [-0.2, -0.15) is 0 Å². The highest BCUT2D eigenvalue weighted by Gasteiger charge is 2.04. The summed E-state index contributed by atoms with van der Waals surface area (Å²) in [6.45, 7) is 6.21. The van der Waals surface area contributed by atoms with E-state index in [4.69, 9.17) is 9.47 Å². The molecule has 0 aliphatic heterocycles. The summed E-state index contributed by atoms with van der Waals surface area (Å²) < 4.78 is 10.9. The Balaban J connectivity index is 1.65. The molecule has 2 N–H and O–H groups in total. The molecule has 0 bridgehead atoms. The SMILES string of the molecule is CN=C(NCCCOc1cccc(OC)c1)NCc1nc(C)c(C)s1. The van der Waals surface area contributed by atoms with Crippen LogP contribution in [-0.2, 0) is 6.54 Å². The van der Waals surface area contributed by atoms with Gasteiger partial charge in [0, 0.05) is 24.5 Å². The second kappa shape index (κ2) is 9.88. The van der Waals surface area contributed by atoms with Gasteiger partial charge >= 0.3 is 0 Å². The van der Waals surface area contributed by atoms with Crippen LogP contribution in [-0.4, -0.2) is 38.3 Å². The van der Waals surface area contributed by atoms with Gasteiger partial charge in [-0.05, 0) is 32.4 Å². The molecular formula is C18H26N4O2S. The van der Waals surface area contributed by atoms with Gasteiger partial charge in [-0.3, -0.25) is 4.99 Å². The second-order valence-electron chi connectivity index (χ2n) is 5.48. The monoisotopic (exact) mass is 362 g/mol. The molecule has 0 fully saturated rings. The van der Waals surface area contributed by atoms with Crippen molar-refractivity contribution in [2.75, 3.05) is 27.3 Å². The number of benzene rings is 1. The zero-order valence-corrected chi connectivity index (χ0v) is 16.1. The van der Waals surface area contributed by atoms with Crippen molar-refractivity contribution in [1.29, 1.82) is 0 Å². The van der Waals surface area contributed by atoms with Crippen molar-refractivity contribution in [3.63, 3.8) is 0 Å². The van der Waals surface area contributed by atoms with Crippen LogP contribution in [0, 0.1) is 13.8 Å². The van der Waals surface area contributed by atoms with E-state index in [1.165, 1.54) is 4.88 Å². The molecule has 7 heteroatoms. The van der Waals surface area contributed by atoms with Gasteiger partial charge < -0.3 is 20.1 Å². The fourth-order valence-electron chi connectivity index (χ4n) is 2.15. The van der Waals surface area contributed by atoms with Crippen molar-refractivity contribution >= 4 is 17.3 Å². The van der Waals surface area contributed by atoms with Crippen LogP contribution in [0.25, 0.3) is 0 Å². The number of rotatable bonds is 8. The van der Waals surface area contributed by atoms with Crippen LogP contribution in [0.4, 0.5) is 0 Å². The number of ether oxygens (including phenoxy) is 2. The van der Waals surface area contributed by atoms with Gasteiger partial charge in [-0.25, -0.2) is 4.98 Å². The number of nitrogens with zero attached hydrogens (tertiary/aromatic N) is 2. The molecule has 25 heavy (non-hydrogen) atoms. The summed E-state index contributed by atoms with van der Waals surface area (Å²) in [4.78, 5) is 10.0. The summed E-state index contributed by atoms with van der Waals surface area (Å²) >= 11 is 1.71. The lowest BCUT2D eigenvalue weighted by atomic mass is 10.3. The van der Waals surface area contributed by atoms with Gasteiger partial charge in [0.15, 0.2) is 5.96 Å². The van der Waals surface area contributed by atoms with E-state index >= 15 is 0 Å². The highest BCUT2D eigenvalue weighted by Crippen LogP contribution is 2.18. The molecule has 0 radical (unpaired) electrons. The Bertz CT molecular complexity index is 681. The van der Waals surface area contributed by atoms with Gasteiger partial charge in [0.05, 0.1) is 26.0 Å². The molecule has 1 aromatic carbocycles. The number of aryl methyl sites for hydroxylation is 2. The molecule has 0 aliphatic carbocycles. The highest BCUT2D eigenvalue weighted by atomic mass is 32.1. The molecule has 0 aliphatic rings. The molecule has 1 heterocycles. The highest BCUT2D eigenvalue weighted by molar-refractivity contribution is 7.11. The van der Waals surface area contributed by atoms with Crippen LogP contribution in [0.1, 0.15) is 22.0 Å². The third-order valence-electron chi connectivity index (χ3n) is 3.63. The second-order valence-corrected chi connectivity index (χ2v) is 6.77. The summed E-state index contributed by atoms with van der Waals surface area (Å²) in [6.07, 6.45) is 0.868. The van der Waals surface area contributed by atoms with Crippen molar-refractivity contribution < 1.29 is 9.47 Å². The van der Waals surface area contributed by atoms with E-state index in [-0.39, 0.29) is 0 Å². The fraction of sp³-hybridized carbons (Fsp3) is 0.444. The number of aromatic nitrogens is 1. The first-order valence-corrected chi connectivity index (χ1v) is 9.08. The molecule has 0 amide bonds. The summed E-state index contributed by atoms with van der Waals surface area (Å²) in [7, 11) is 3.41. The fourth-order valence-corrected chi connectivity index (χ4v) is 3.03. The Morgan fingerprint density at radius 1 is 1.24 bits per heavy atom. The van der Waals surface area contributed by atoms with Crippen molar-refractivity contribution in [1.82, 2.24) is 15.6 Å². The van der Waals surface area contributed by atoms with E-state index in [1.807, 2.05) is 31.2 Å². The Morgan fingerprint density at radius 3 is 2.72 bits per heavy atom. The van der Waals surface area contributed by atoms with Crippen LogP contribution >= 0.6 is 11.3 Å². The smallest absolute Gasteiger partial charge is 0.191 e. The summed E-state index contributed by atoms with van der Waals surface area (Å²) in [6, 6.07) is 7.62. The number of hydrogen-bond donors (Lipinski definition) is 2. The quantitative estimate of drug-likeness (QED) is 0.429. The van der Waals surface area contributed by atoms with Crippen LogP contribution in [0.15, 0.2) is 29.3 Å². The lowest BCUT2D eigenvalue weighted by Gasteiger charge is -2.11. The minimum Gasteiger partial charge on any atom is -0.497 e. The number of aliphatic imine (C=N–C) groups is 1. The summed E-state index contributed by atoms with van der Waals surface area (Å²) in [5.74, 6) is 2.39. The minimum atomic E-state index is 0.627. The van der Waals surface area contributed by atoms with Gasteiger partial charge in [-0.1, -0.05) is 6.07 Å². The van der Waals surface area contributed by atoms with Gasteiger partial charge in [-0.15, -0.1) is 11.3 Å². The summed E-state index contributed by atoms with van der Waals surface area (Å²) in [5.41, 5.74) is 1.10. The normalized spacial score (nSPS) is 11.3. The topological polar surface area (TPSA) is 67.8 Å². The molecule has 0 unspecified atom stereocenters. The maximum atomic E-state index is 5.72. The lowest BCUT2D eigenvalue weighted by molar-refractivity contribution is 0.308. The van der Waals surface area contributed by atoms with E-state index in [9.17, 15) is 0 Å². The molecule has 6 nitrogen and oxygen atoms in total. The Kier molecular flexibility index (Phi) is 7.53. The van der Waals surface area contributed by atoms with Gasteiger partial charge in [0.2, 0.25) is 0 Å². The first-order chi connectivity index (χ1) is 12.1. The van der Waals surface area contributed by atoms with E-state index in [1.54, 1.807) is 25.5 Å². The summed E-state index contributed by atoms with van der Waals surface area (Å²) in [5, 5.41) is 7.63. The van der Waals surface area contributed by atoms with Crippen molar-refractivity contribution in [2.24, 2.45) is 4.99 Å². The Labute approximate surface area is 153 Å². The van der Waals surface area contributed by atoms with E-state index in [0.717, 1.165) is 41.1 Å². The molecule has 2 aromatic rings. The standard InChI is InChI=1S/C18H26N4O2S/c1-13-14(2)25-17(22-13)12-21-18(19-3)20-9-6-10-24-16-8-5-7-15(11-16)23-4/h5,7-8,11H,6,9-10,12H2,1-4H3,(H2,19,20,21). The first-order valence-electron chi connectivity index (χ1n) is 8.26. The largest absolute Gasteiger partial charge is 0.497 e.